The molecule has 6 rings (SSSR count). The van der Waals surface area contributed by atoms with Gasteiger partial charge >= 0.3 is 5.97 Å². The van der Waals surface area contributed by atoms with Crippen molar-refractivity contribution in [2.45, 2.75) is 26.4 Å². The number of ketones is 1. The Morgan fingerprint density at radius 2 is 1.58 bits per heavy atom. The number of Topliss-reactive ketones (excluding diaryl/α,β-unsaturated/α-hetero) is 1. The monoisotopic (exact) mass is 501 g/mol. The molecular formula is C33H27NO4. The SMILES string of the molecule is CCOC(=O)C1=C(C)NC2=C(C(=O)c3ccccc32)[C@@H]1c1ccc(OCc2ccc3ccccc3c2)cc1. The molecule has 2 aliphatic rings. The van der Waals surface area contributed by atoms with Gasteiger partial charge in [0.15, 0.2) is 5.78 Å². The van der Waals surface area contributed by atoms with Crippen molar-refractivity contribution in [3.8, 4) is 5.75 Å². The van der Waals surface area contributed by atoms with Gasteiger partial charge in [-0.15, -0.1) is 0 Å². The summed E-state index contributed by atoms with van der Waals surface area (Å²) < 4.78 is 11.5. The molecule has 1 aliphatic heterocycles. The zero-order valence-corrected chi connectivity index (χ0v) is 21.3. The molecule has 0 fully saturated rings. The molecule has 0 saturated carbocycles. The van der Waals surface area contributed by atoms with E-state index in [0.29, 0.717) is 34.8 Å². The molecule has 0 spiro atoms. The summed E-state index contributed by atoms with van der Waals surface area (Å²) in [7, 11) is 0. The number of hydrogen-bond donors (Lipinski definition) is 1. The third-order valence-electron chi connectivity index (χ3n) is 7.18. The molecule has 0 amide bonds. The highest BCUT2D eigenvalue weighted by atomic mass is 16.5. The average molecular weight is 502 g/mol. The number of benzene rings is 4. The third kappa shape index (κ3) is 4.06. The first-order valence-corrected chi connectivity index (χ1v) is 12.8. The fourth-order valence-electron chi connectivity index (χ4n) is 5.39. The first-order chi connectivity index (χ1) is 18.5. The minimum atomic E-state index is -0.542. The van der Waals surface area contributed by atoms with Gasteiger partial charge in [0, 0.05) is 28.3 Å². The van der Waals surface area contributed by atoms with Crippen molar-refractivity contribution in [1.29, 1.82) is 0 Å². The van der Waals surface area contributed by atoms with Crippen molar-refractivity contribution >= 4 is 28.2 Å². The van der Waals surface area contributed by atoms with Crippen molar-refractivity contribution in [2.75, 3.05) is 6.61 Å². The molecule has 38 heavy (non-hydrogen) atoms. The van der Waals surface area contributed by atoms with Gasteiger partial charge in [-0.05, 0) is 53.9 Å². The molecule has 4 aromatic carbocycles. The van der Waals surface area contributed by atoms with E-state index in [9.17, 15) is 9.59 Å². The largest absolute Gasteiger partial charge is 0.489 e. The number of allylic oxidation sites excluding steroid dienone is 2. The van der Waals surface area contributed by atoms with Crippen molar-refractivity contribution in [3.05, 3.63) is 130 Å². The summed E-state index contributed by atoms with van der Waals surface area (Å²) in [6, 6.07) is 29.7. The highest BCUT2D eigenvalue weighted by Crippen LogP contribution is 2.46. The molecule has 5 nitrogen and oxygen atoms in total. The molecule has 4 aromatic rings. The summed E-state index contributed by atoms with van der Waals surface area (Å²) in [6.45, 7) is 4.33. The van der Waals surface area contributed by atoms with Gasteiger partial charge in [-0.1, -0.05) is 72.8 Å². The highest BCUT2D eigenvalue weighted by Gasteiger charge is 2.42. The van der Waals surface area contributed by atoms with Crippen LogP contribution in [0.1, 0.15) is 46.8 Å². The highest BCUT2D eigenvalue weighted by molar-refractivity contribution is 6.23. The molecule has 1 atom stereocenters. The maximum atomic E-state index is 13.6. The minimum Gasteiger partial charge on any atom is -0.489 e. The topological polar surface area (TPSA) is 64.6 Å². The van der Waals surface area contributed by atoms with Crippen LogP contribution in [-0.4, -0.2) is 18.4 Å². The van der Waals surface area contributed by atoms with Gasteiger partial charge in [0.25, 0.3) is 0 Å². The lowest BCUT2D eigenvalue weighted by Gasteiger charge is -2.29. The molecule has 0 radical (unpaired) electrons. The molecule has 1 aliphatic carbocycles. The van der Waals surface area contributed by atoms with Gasteiger partial charge < -0.3 is 14.8 Å². The number of dihydropyridines is 1. The maximum absolute atomic E-state index is 13.6. The van der Waals surface area contributed by atoms with Crippen LogP contribution in [-0.2, 0) is 16.1 Å². The molecule has 0 bridgehead atoms. The van der Waals surface area contributed by atoms with E-state index >= 15 is 0 Å². The van der Waals surface area contributed by atoms with E-state index in [1.54, 1.807) is 6.92 Å². The number of hydrogen-bond acceptors (Lipinski definition) is 5. The number of nitrogens with one attached hydrogen (secondary N) is 1. The van der Waals surface area contributed by atoms with Gasteiger partial charge in [-0.3, -0.25) is 4.79 Å². The van der Waals surface area contributed by atoms with Crippen LogP contribution in [0.15, 0.2) is 108 Å². The summed E-state index contributed by atoms with van der Waals surface area (Å²) in [6.07, 6.45) is 0. The summed E-state index contributed by atoms with van der Waals surface area (Å²) in [5, 5.41) is 5.70. The first kappa shape index (κ1) is 23.7. The third-order valence-corrected chi connectivity index (χ3v) is 7.18. The lowest BCUT2D eigenvalue weighted by atomic mass is 9.80. The van der Waals surface area contributed by atoms with E-state index in [1.807, 2.05) is 67.6 Å². The molecule has 188 valence electrons. The minimum absolute atomic E-state index is 0.0703. The molecule has 5 heteroatoms. The molecule has 1 N–H and O–H groups in total. The Hall–Kier alpha value is -4.64. The smallest absolute Gasteiger partial charge is 0.336 e. The van der Waals surface area contributed by atoms with Crippen LogP contribution in [0.4, 0.5) is 0 Å². The predicted molar refractivity (Wildman–Crippen MR) is 148 cm³/mol. The van der Waals surface area contributed by atoms with Crippen molar-refractivity contribution in [3.63, 3.8) is 0 Å². The lowest BCUT2D eigenvalue weighted by molar-refractivity contribution is -0.138. The Morgan fingerprint density at radius 1 is 0.868 bits per heavy atom. The van der Waals surface area contributed by atoms with Gasteiger partial charge in [0.2, 0.25) is 0 Å². The molecular weight excluding hydrogens is 474 g/mol. The van der Waals surface area contributed by atoms with Crippen LogP contribution in [0.3, 0.4) is 0 Å². The summed E-state index contributed by atoms with van der Waals surface area (Å²) in [5.41, 5.74) is 5.89. The van der Waals surface area contributed by atoms with E-state index in [0.717, 1.165) is 22.4 Å². The summed E-state index contributed by atoms with van der Waals surface area (Å²) >= 11 is 0. The average Bonchev–Trinajstić information content (AvgIpc) is 3.22. The van der Waals surface area contributed by atoms with Gasteiger partial charge in [-0.25, -0.2) is 4.79 Å². The standard InChI is InChI=1S/C33H27NO4/c1-3-37-33(36)28-20(2)34-31-26-10-6-7-11-27(26)32(35)30(31)29(28)23-14-16-25(17-15-23)38-19-21-12-13-22-8-4-5-9-24(22)18-21/h4-18,29,34H,3,19H2,1-2H3/t29-/m1/s1. The molecule has 0 unspecified atom stereocenters. The summed E-state index contributed by atoms with van der Waals surface area (Å²) in [4.78, 5) is 26.7. The van der Waals surface area contributed by atoms with Crippen LogP contribution in [0, 0.1) is 0 Å². The Morgan fingerprint density at radius 3 is 2.34 bits per heavy atom. The first-order valence-electron chi connectivity index (χ1n) is 12.8. The molecule has 1 heterocycles. The van der Waals surface area contributed by atoms with E-state index < -0.39 is 11.9 Å². The second-order valence-electron chi connectivity index (χ2n) is 9.52. The zero-order valence-electron chi connectivity index (χ0n) is 21.3. The Bertz CT molecular complexity index is 1650. The number of carbonyl (C=O) groups is 2. The second-order valence-corrected chi connectivity index (χ2v) is 9.52. The second kappa shape index (κ2) is 9.67. The van der Waals surface area contributed by atoms with Crippen molar-refractivity contribution < 1.29 is 19.1 Å². The van der Waals surface area contributed by atoms with E-state index in [1.165, 1.54) is 10.8 Å². The van der Waals surface area contributed by atoms with Crippen LogP contribution in [0.25, 0.3) is 16.5 Å². The van der Waals surface area contributed by atoms with Crippen LogP contribution < -0.4 is 10.1 Å². The van der Waals surface area contributed by atoms with Crippen LogP contribution in [0.2, 0.25) is 0 Å². The quantitative estimate of drug-likeness (QED) is 0.304. The predicted octanol–water partition coefficient (Wildman–Crippen LogP) is 6.55. The van der Waals surface area contributed by atoms with Gasteiger partial charge in [0.1, 0.15) is 12.4 Å². The number of carbonyl (C=O) groups excluding carboxylic acids is 2. The summed E-state index contributed by atoms with van der Waals surface area (Å²) in [5.74, 6) is -0.322. The Kier molecular flexibility index (Phi) is 6.04. The number of fused-ring (bicyclic) bond motifs is 3. The van der Waals surface area contributed by atoms with Gasteiger partial charge in [-0.2, -0.15) is 0 Å². The number of rotatable bonds is 6. The van der Waals surface area contributed by atoms with E-state index in [2.05, 4.69) is 35.6 Å². The Labute approximate surface area is 221 Å². The van der Waals surface area contributed by atoms with Crippen LogP contribution >= 0.6 is 0 Å². The maximum Gasteiger partial charge on any atom is 0.336 e. The fourth-order valence-corrected chi connectivity index (χ4v) is 5.39. The molecule has 0 aromatic heterocycles. The molecule has 0 saturated heterocycles. The van der Waals surface area contributed by atoms with Gasteiger partial charge in [0.05, 0.1) is 17.9 Å². The van der Waals surface area contributed by atoms with Crippen LogP contribution in [0.5, 0.6) is 5.75 Å². The lowest BCUT2D eigenvalue weighted by Crippen LogP contribution is -2.29. The Balaban J connectivity index is 1.31. The van der Waals surface area contributed by atoms with E-state index in [-0.39, 0.29) is 12.4 Å². The fraction of sp³-hybridized carbons (Fsp3) is 0.152. The number of esters is 1. The zero-order chi connectivity index (χ0) is 26.2. The normalized spacial score (nSPS) is 16.3. The van der Waals surface area contributed by atoms with Crippen molar-refractivity contribution in [2.24, 2.45) is 0 Å². The van der Waals surface area contributed by atoms with Crippen molar-refractivity contribution in [1.82, 2.24) is 5.32 Å². The van der Waals surface area contributed by atoms with E-state index in [4.69, 9.17) is 9.47 Å². The number of ether oxygens (including phenoxy) is 2.